The molecule has 0 aliphatic heterocycles. The first kappa shape index (κ1) is 24.8. The first-order chi connectivity index (χ1) is 15.4. The largest absolute Gasteiger partial charge is 0.483 e. The van der Waals surface area contributed by atoms with E-state index >= 15 is 0 Å². The van der Waals surface area contributed by atoms with Gasteiger partial charge in [0.1, 0.15) is 5.75 Å². The highest BCUT2D eigenvalue weighted by Gasteiger charge is 2.12. The van der Waals surface area contributed by atoms with Crippen LogP contribution in [0.25, 0.3) is 0 Å². The van der Waals surface area contributed by atoms with Gasteiger partial charge >= 0.3 is 11.8 Å². The van der Waals surface area contributed by atoms with Crippen LogP contribution in [0.1, 0.15) is 17.5 Å². The number of rotatable bonds is 10. The minimum absolute atomic E-state index is 0.243. The van der Waals surface area contributed by atoms with E-state index in [-0.39, 0.29) is 12.5 Å². The number of para-hydroxylation sites is 1. The Morgan fingerprint density at radius 1 is 1.12 bits per heavy atom. The van der Waals surface area contributed by atoms with E-state index < -0.39 is 11.8 Å². The van der Waals surface area contributed by atoms with Crippen molar-refractivity contribution in [1.29, 1.82) is 0 Å². The minimum Gasteiger partial charge on any atom is -0.483 e. The van der Waals surface area contributed by atoms with Crippen molar-refractivity contribution >= 4 is 41.2 Å². The summed E-state index contributed by atoms with van der Waals surface area (Å²) in [6.45, 7) is 2.41. The van der Waals surface area contributed by atoms with Gasteiger partial charge in [-0.15, -0.1) is 0 Å². The Balaban J connectivity index is 1.87. The fourth-order valence-electron chi connectivity index (χ4n) is 2.49. The van der Waals surface area contributed by atoms with Crippen LogP contribution in [-0.2, 0) is 19.1 Å². The van der Waals surface area contributed by atoms with Crippen molar-refractivity contribution in [1.82, 2.24) is 10.7 Å². The summed E-state index contributed by atoms with van der Waals surface area (Å²) in [5.41, 5.74) is 4.13. The van der Waals surface area contributed by atoms with Crippen LogP contribution >= 0.6 is 11.6 Å². The topological polar surface area (TPSA) is 118 Å². The van der Waals surface area contributed by atoms with E-state index in [1.165, 1.54) is 6.21 Å². The molecule has 32 heavy (non-hydrogen) atoms. The smallest absolute Gasteiger partial charge is 0.329 e. The lowest BCUT2D eigenvalue weighted by molar-refractivity contribution is -0.139. The van der Waals surface area contributed by atoms with Gasteiger partial charge in [-0.2, -0.15) is 5.10 Å². The van der Waals surface area contributed by atoms with Crippen molar-refractivity contribution in [2.24, 2.45) is 5.10 Å². The van der Waals surface area contributed by atoms with E-state index in [2.05, 4.69) is 21.2 Å². The van der Waals surface area contributed by atoms with Crippen LogP contribution in [0.2, 0.25) is 5.02 Å². The quantitative estimate of drug-likeness (QED) is 0.217. The highest BCUT2D eigenvalue weighted by atomic mass is 35.5. The van der Waals surface area contributed by atoms with Gasteiger partial charge < -0.3 is 20.1 Å². The molecule has 9 nitrogen and oxygen atoms in total. The molecule has 10 heteroatoms. The zero-order valence-corrected chi connectivity index (χ0v) is 18.6. The fraction of sp³-hybridized carbons (Fsp3) is 0.273. The summed E-state index contributed by atoms with van der Waals surface area (Å²) in [5, 5.41) is 9.49. The molecule has 0 bridgehead atoms. The predicted molar refractivity (Wildman–Crippen MR) is 122 cm³/mol. The van der Waals surface area contributed by atoms with Gasteiger partial charge in [0.15, 0.2) is 6.61 Å². The monoisotopic (exact) mass is 460 g/mol. The summed E-state index contributed by atoms with van der Waals surface area (Å²) in [4.78, 5) is 35.7. The Labute approximate surface area is 191 Å². The number of nitrogens with one attached hydrogen (secondary N) is 3. The van der Waals surface area contributed by atoms with Crippen LogP contribution < -0.4 is 20.8 Å². The van der Waals surface area contributed by atoms with Crippen LogP contribution in [-0.4, -0.2) is 50.8 Å². The number of anilines is 1. The third-order valence-corrected chi connectivity index (χ3v) is 4.37. The molecular weight excluding hydrogens is 436 g/mol. The third kappa shape index (κ3) is 8.37. The molecule has 0 spiro atoms. The molecule has 0 saturated heterocycles. The summed E-state index contributed by atoms with van der Waals surface area (Å²) in [5.74, 6) is -1.67. The van der Waals surface area contributed by atoms with Crippen LogP contribution in [0.3, 0.4) is 0 Å². The summed E-state index contributed by atoms with van der Waals surface area (Å²) >= 11 is 5.96. The molecule has 0 aliphatic rings. The molecule has 0 fully saturated rings. The highest BCUT2D eigenvalue weighted by Crippen LogP contribution is 2.20. The number of amides is 3. The summed E-state index contributed by atoms with van der Waals surface area (Å²) in [6.07, 6.45) is 1.92. The number of methoxy groups -OCH3 is 1. The number of hydrogen-bond acceptors (Lipinski definition) is 6. The lowest BCUT2D eigenvalue weighted by Gasteiger charge is -2.11. The first-order valence-corrected chi connectivity index (χ1v) is 10.2. The summed E-state index contributed by atoms with van der Waals surface area (Å²) in [7, 11) is 1.55. The second-order valence-electron chi connectivity index (χ2n) is 6.64. The van der Waals surface area contributed by atoms with Gasteiger partial charge in [0.25, 0.3) is 5.91 Å². The minimum atomic E-state index is -0.895. The van der Waals surface area contributed by atoms with Gasteiger partial charge in [-0.1, -0.05) is 29.8 Å². The maximum absolute atomic E-state index is 12.2. The van der Waals surface area contributed by atoms with Crippen LogP contribution in [0.15, 0.2) is 47.6 Å². The lowest BCUT2D eigenvalue weighted by Crippen LogP contribution is -2.38. The third-order valence-electron chi connectivity index (χ3n) is 4.14. The maximum atomic E-state index is 12.2. The molecule has 0 aromatic heterocycles. The number of benzene rings is 2. The molecule has 0 atom stereocenters. The molecule has 3 amide bonds. The Morgan fingerprint density at radius 3 is 2.69 bits per heavy atom. The van der Waals surface area contributed by atoms with E-state index in [0.29, 0.717) is 41.6 Å². The van der Waals surface area contributed by atoms with E-state index in [9.17, 15) is 14.4 Å². The molecule has 3 N–H and O–H groups in total. The van der Waals surface area contributed by atoms with Gasteiger partial charge in [0, 0.05) is 36.5 Å². The number of carbonyl (C=O) groups excluding carboxylic acids is 3. The van der Waals surface area contributed by atoms with E-state index in [1.54, 1.807) is 49.6 Å². The average molecular weight is 461 g/mol. The number of ether oxygens (including phenoxy) is 2. The number of nitrogens with zero attached hydrogens (tertiary/aromatic N) is 1. The lowest BCUT2D eigenvalue weighted by atomic mass is 10.2. The van der Waals surface area contributed by atoms with Crippen LogP contribution in [0, 0.1) is 6.92 Å². The number of carbonyl (C=O) groups is 3. The summed E-state index contributed by atoms with van der Waals surface area (Å²) in [6, 6.07) is 12.0. The van der Waals surface area contributed by atoms with E-state index in [0.717, 1.165) is 5.56 Å². The highest BCUT2D eigenvalue weighted by molar-refractivity contribution is 6.35. The average Bonchev–Trinajstić information content (AvgIpc) is 2.78. The molecule has 0 saturated carbocycles. The molecular formula is C22H25ClN4O5. The van der Waals surface area contributed by atoms with Gasteiger partial charge in [0.2, 0.25) is 0 Å². The standard InChI is InChI=1S/C22H25ClN4O5/c1-15-8-9-17(23)12-18(15)26-20(28)14-32-19-7-4-3-6-16(19)13-25-27-22(30)21(29)24-10-5-11-31-2/h3-4,6-9,12-13H,5,10-11,14H2,1-2H3,(H,24,29)(H,26,28)(H,27,30)/b25-13-. The van der Waals surface area contributed by atoms with Gasteiger partial charge in [0.05, 0.1) is 6.21 Å². The fourth-order valence-corrected chi connectivity index (χ4v) is 2.66. The molecule has 2 rings (SSSR count). The normalized spacial score (nSPS) is 10.6. The first-order valence-electron chi connectivity index (χ1n) is 9.78. The van der Waals surface area contributed by atoms with Crippen molar-refractivity contribution < 1.29 is 23.9 Å². The predicted octanol–water partition coefficient (Wildman–Crippen LogP) is 2.27. The maximum Gasteiger partial charge on any atom is 0.329 e. The van der Waals surface area contributed by atoms with Gasteiger partial charge in [-0.25, -0.2) is 5.43 Å². The molecule has 0 radical (unpaired) electrons. The van der Waals surface area contributed by atoms with E-state index in [1.807, 2.05) is 6.92 Å². The van der Waals surface area contributed by atoms with Gasteiger partial charge in [-0.05, 0) is 43.2 Å². The number of halogens is 1. The Bertz CT molecular complexity index is 981. The Morgan fingerprint density at radius 2 is 1.91 bits per heavy atom. The summed E-state index contributed by atoms with van der Waals surface area (Å²) < 4.78 is 10.4. The molecule has 170 valence electrons. The molecule has 2 aromatic rings. The number of hydrogen-bond donors (Lipinski definition) is 3. The van der Waals surface area contributed by atoms with Gasteiger partial charge in [-0.3, -0.25) is 14.4 Å². The van der Waals surface area contributed by atoms with Crippen molar-refractivity contribution in [3.63, 3.8) is 0 Å². The Kier molecular flexibility index (Phi) is 10.2. The molecule has 2 aromatic carbocycles. The zero-order chi connectivity index (χ0) is 23.3. The van der Waals surface area contributed by atoms with E-state index in [4.69, 9.17) is 21.1 Å². The number of hydrazone groups is 1. The van der Waals surface area contributed by atoms with Crippen LogP contribution in [0.5, 0.6) is 5.75 Å². The number of aryl methyl sites for hydroxylation is 1. The molecule has 0 unspecified atom stereocenters. The molecule has 0 aliphatic carbocycles. The Hall–Kier alpha value is -3.43. The SMILES string of the molecule is COCCCNC(=O)C(=O)N/N=C\c1ccccc1OCC(=O)Nc1cc(Cl)ccc1C. The second kappa shape index (κ2) is 13.1. The second-order valence-corrected chi connectivity index (χ2v) is 7.07. The van der Waals surface area contributed by atoms with Crippen molar-refractivity contribution in [3.05, 3.63) is 58.6 Å². The molecule has 0 heterocycles. The van der Waals surface area contributed by atoms with Crippen molar-refractivity contribution in [3.8, 4) is 5.75 Å². The zero-order valence-electron chi connectivity index (χ0n) is 17.8. The van der Waals surface area contributed by atoms with Crippen LogP contribution in [0.4, 0.5) is 5.69 Å². The van der Waals surface area contributed by atoms with Crippen molar-refractivity contribution in [2.45, 2.75) is 13.3 Å². The van der Waals surface area contributed by atoms with Crippen molar-refractivity contribution in [2.75, 3.05) is 32.2 Å².